The number of likely N-dealkylation sites (tertiary alicyclic amines) is 1. The number of alkyl halides is 3. The van der Waals surface area contributed by atoms with Crippen LogP contribution in [0.4, 0.5) is 19.1 Å². The highest BCUT2D eigenvalue weighted by molar-refractivity contribution is 5.95. The summed E-state index contributed by atoms with van der Waals surface area (Å²) < 4.78 is 43.7. The number of nitrogens with zero attached hydrogens (tertiary/aromatic N) is 4. The maximum atomic E-state index is 13.2. The normalized spacial score (nSPS) is 23.0. The lowest BCUT2D eigenvalue weighted by Gasteiger charge is -2.33. The first-order valence-electron chi connectivity index (χ1n) is 9.83. The third-order valence-corrected chi connectivity index (χ3v) is 5.54. The van der Waals surface area contributed by atoms with Gasteiger partial charge in [-0.1, -0.05) is 0 Å². The number of fused-ring (bicyclic) bond motifs is 2. The van der Waals surface area contributed by atoms with Crippen LogP contribution in [0, 0.1) is 12.8 Å². The fourth-order valence-electron chi connectivity index (χ4n) is 4.23. The Labute approximate surface area is 171 Å². The molecule has 7 nitrogen and oxygen atoms in total. The van der Waals surface area contributed by atoms with Crippen molar-refractivity contribution in [3.63, 3.8) is 0 Å². The van der Waals surface area contributed by atoms with Crippen LogP contribution >= 0.6 is 0 Å². The van der Waals surface area contributed by atoms with Crippen LogP contribution in [-0.4, -0.2) is 51.0 Å². The van der Waals surface area contributed by atoms with Crippen molar-refractivity contribution in [3.8, 4) is 5.75 Å². The molecule has 3 atom stereocenters. The molecule has 10 heteroatoms. The number of ether oxygens (including phenoxy) is 1. The average molecular weight is 421 g/mol. The highest BCUT2D eigenvalue weighted by atomic mass is 19.4. The van der Waals surface area contributed by atoms with Gasteiger partial charge in [-0.2, -0.15) is 13.2 Å². The van der Waals surface area contributed by atoms with E-state index in [2.05, 4.69) is 20.3 Å². The van der Waals surface area contributed by atoms with Crippen molar-refractivity contribution in [1.29, 1.82) is 0 Å². The molecule has 3 heterocycles. The summed E-state index contributed by atoms with van der Waals surface area (Å²) in [6.07, 6.45) is -1.33. The number of aryl methyl sites for hydroxylation is 1. The molecule has 2 aromatic rings. The number of amides is 1. The van der Waals surface area contributed by atoms with Crippen LogP contribution in [0.3, 0.4) is 0 Å². The van der Waals surface area contributed by atoms with Crippen LogP contribution in [0.1, 0.15) is 41.5 Å². The third-order valence-electron chi connectivity index (χ3n) is 5.54. The lowest BCUT2D eigenvalue weighted by atomic mass is 10.1. The Bertz CT molecular complexity index is 935. The second-order valence-electron chi connectivity index (χ2n) is 7.64. The minimum Gasteiger partial charge on any atom is -0.491 e. The van der Waals surface area contributed by atoms with E-state index in [1.807, 2.05) is 13.8 Å². The van der Waals surface area contributed by atoms with Crippen molar-refractivity contribution >= 4 is 11.9 Å². The van der Waals surface area contributed by atoms with E-state index in [4.69, 9.17) is 4.74 Å². The Balaban J connectivity index is 1.50. The third kappa shape index (κ3) is 3.90. The molecule has 160 valence electrons. The first-order chi connectivity index (χ1) is 14.3. The van der Waals surface area contributed by atoms with Gasteiger partial charge in [0.2, 0.25) is 5.95 Å². The van der Waals surface area contributed by atoms with Crippen molar-refractivity contribution in [2.45, 2.75) is 44.9 Å². The van der Waals surface area contributed by atoms with E-state index in [1.165, 1.54) is 0 Å². The van der Waals surface area contributed by atoms with Gasteiger partial charge in [0.05, 0.1) is 18.2 Å². The Hall–Kier alpha value is -2.91. The zero-order chi connectivity index (χ0) is 21.5. The quantitative estimate of drug-likeness (QED) is 0.798. The van der Waals surface area contributed by atoms with E-state index in [-0.39, 0.29) is 29.6 Å². The molecule has 0 aromatic carbocycles. The molecule has 2 aliphatic rings. The first-order valence-corrected chi connectivity index (χ1v) is 9.83. The lowest BCUT2D eigenvalue weighted by molar-refractivity contribution is -0.138. The number of anilines is 1. The van der Waals surface area contributed by atoms with E-state index < -0.39 is 11.7 Å². The molecule has 2 bridgehead atoms. The molecule has 0 unspecified atom stereocenters. The summed E-state index contributed by atoms with van der Waals surface area (Å²) in [5, 5.41) is 3.10. The minimum absolute atomic E-state index is 0.106. The number of nitrogens with one attached hydrogen (secondary N) is 1. The topological polar surface area (TPSA) is 80.2 Å². The summed E-state index contributed by atoms with van der Waals surface area (Å²) >= 11 is 0. The van der Waals surface area contributed by atoms with E-state index in [0.717, 1.165) is 30.9 Å². The summed E-state index contributed by atoms with van der Waals surface area (Å²) in [6, 6.07) is 3.30. The van der Waals surface area contributed by atoms with Crippen molar-refractivity contribution in [3.05, 3.63) is 41.5 Å². The molecule has 1 saturated heterocycles. The van der Waals surface area contributed by atoms with Crippen molar-refractivity contribution in [1.82, 2.24) is 19.9 Å². The zero-order valence-corrected chi connectivity index (χ0v) is 16.6. The molecule has 4 rings (SSSR count). The molecular weight excluding hydrogens is 399 g/mol. The second-order valence-corrected chi connectivity index (χ2v) is 7.64. The molecule has 2 fully saturated rings. The largest absolute Gasteiger partial charge is 0.491 e. The molecule has 1 saturated carbocycles. The monoisotopic (exact) mass is 421 g/mol. The number of halogens is 3. The molecule has 30 heavy (non-hydrogen) atoms. The van der Waals surface area contributed by atoms with Gasteiger partial charge in [-0.15, -0.1) is 0 Å². The van der Waals surface area contributed by atoms with Gasteiger partial charge < -0.3 is 15.0 Å². The van der Waals surface area contributed by atoms with Gasteiger partial charge in [0.1, 0.15) is 0 Å². The molecule has 1 aliphatic heterocycles. The van der Waals surface area contributed by atoms with Crippen LogP contribution < -0.4 is 10.1 Å². The zero-order valence-electron chi connectivity index (χ0n) is 16.6. The Morgan fingerprint density at radius 1 is 1.27 bits per heavy atom. The summed E-state index contributed by atoms with van der Waals surface area (Å²) in [7, 11) is 0. The van der Waals surface area contributed by atoms with E-state index in [1.54, 1.807) is 17.0 Å². The van der Waals surface area contributed by atoms with Gasteiger partial charge in [0, 0.05) is 30.7 Å². The fraction of sp³-hybridized carbons (Fsp3) is 0.500. The van der Waals surface area contributed by atoms with Gasteiger partial charge in [-0.3, -0.25) is 4.79 Å². The molecule has 1 aliphatic carbocycles. The predicted molar refractivity (Wildman–Crippen MR) is 102 cm³/mol. The first kappa shape index (κ1) is 20.4. The fourth-order valence-corrected chi connectivity index (χ4v) is 4.23. The number of carbonyl (C=O) groups is 1. The molecule has 0 spiro atoms. The van der Waals surface area contributed by atoms with Gasteiger partial charge in [-0.05, 0) is 44.7 Å². The maximum absolute atomic E-state index is 13.2. The minimum atomic E-state index is -4.48. The standard InChI is InChI=1S/C20H22F3N5O2/c1-3-30-16-5-4-11(2)26-17(16)18(29)28-10-12-6-14(15(28)7-12)27-19-24-8-13(9-25-19)20(21,22)23/h4-5,8-9,12,14-15H,3,6-7,10H2,1-2H3,(H,24,25,27)/t12-,14+,15-/m0/s1. The van der Waals surface area contributed by atoms with Crippen LogP contribution in [0.15, 0.2) is 24.5 Å². The predicted octanol–water partition coefficient (Wildman–Crippen LogP) is 3.31. The van der Waals surface area contributed by atoms with E-state index in [0.29, 0.717) is 24.8 Å². The van der Waals surface area contributed by atoms with Crippen LogP contribution in [0.2, 0.25) is 0 Å². The number of hydrogen-bond acceptors (Lipinski definition) is 6. The van der Waals surface area contributed by atoms with Crippen molar-refractivity contribution in [2.75, 3.05) is 18.5 Å². The van der Waals surface area contributed by atoms with Crippen LogP contribution in [0.25, 0.3) is 0 Å². The summed E-state index contributed by atoms with van der Waals surface area (Å²) in [6.45, 7) is 4.70. The van der Waals surface area contributed by atoms with Gasteiger partial charge in [0.15, 0.2) is 11.4 Å². The molecule has 0 radical (unpaired) electrons. The number of piperidine rings is 1. The molecule has 1 N–H and O–H groups in total. The molecular formula is C20H22F3N5O2. The summed E-state index contributed by atoms with van der Waals surface area (Å²) in [5.74, 6) is 0.684. The van der Waals surface area contributed by atoms with Crippen LogP contribution in [0.5, 0.6) is 5.75 Å². The van der Waals surface area contributed by atoms with Gasteiger partial charge >= 0.3 is 6.18 Å². The van der Waals surface area contributed by atoms with Crippen molar-refractivity contribution < 1.29 is 22.7 Å². The van der Waals surface area contributed by atoms with E-state index in [9.17, 15) is 18.0 Å². The van der Waals surface area contributed by atoms with Gasteiger partial charge in [0.25, 0.3) is 5.91 Å². The Morgan fingerprint density at radius 2 is 2.00 bits per heavy atom. The summed E-state index contributed by atoms with van der Waals surface area (Å²) in [5.41, 5.74) is 0.111. The maximum Gasteiger partial charge on any atom is 0.419 e. The van der Waals surface area contributed by atoms with E-state index >= 15 is 0 Å². The SMILES string of the molecule is CCOc1ccc(C)nc1C(=O)N1C[C@H]2C[C@@H](Nc3ncc(C(F)(F)F)cn3)[C@@H]1C2. The lowest BCUT2D eigenvalue weighted by Crippen LogP contribution is -2.48. The number of hydrogen-bond donors (Lipinski definition) is 1. The smallest absolute Gasteiger partial charge is 0.419 e. The number of carbonyl (C=O) groups excluding carboxylic acids is 1. The highest BCUT2D eigenvalue weighted by Gasteiger charge is 2.48. The average Bonchev–Trinajstić information content (AvgIpc) is 3.29. The molecule has 2 aromatic heterocycles. The Morgan fingerprint density at radius 3 is 2.63 bits per heavy atom. The van der Waals surface area contributed by atoms with Crippen molar-refractivity contribution in [2.24, 2.45) is 5.92 Å². The second kappa shape index (κ2) is 7.73. The Kier molecular flexibility index (Phi) is 5.25. The number of aromatic nitrogens is 3. The highest BCUT2D eigenvalue weighted by Crippen LogP contribution is 2.40. The number of rotatable bonds is 5. The number of pyridine rings is 1. The molecule has 1 amide bonds. The van der Waals surface area contributed by atoms with Crippen LogP contribution in [-0.2, 0) is 6.18 Å². The van der Waals surface area contributed by atoms with Gasteiger partial charge in [-0.25, -0.2) is 15.0 Å². The summed E-state index contributed by atoms with van der Waals surface area (Å²) in [4.78, 5) is 27.0.